The largest absolute Gasteiger partial charge is 0.370 e. The van der Waals surface area contributed by atoms with Crippen molar-refractivity contribution in [3.05, 3.63) is 17.0 Å². The van der Waals surface area contributed by atoms with Crippen LogP contribution in [0.4, 0.5) is 5.82 Å². The first-order valence-corrected chi connectivity index (χ1v) is 7.22. The van der Waals surface area contributed by atoms with Crippen molar-refractivity contribution in [3.8, 4) is 0 Å². The zero-order chi connectivity index (χ0) is 11.8. The quantitative estimate of drug-likeness (QED) is 0.602. The van der Waals surface area contributed by atoms with Crippen LogP contribution in [0.3, 0.4) is 0 Å². The van der Waals surface area contributed by atoms with Crippen molar-refractivity contribution in [1.82, 2.24) is 9.97 Å². The summed E-state index contributed by atoms with van der Waals surface area (Å²) in [7, 11) is 0. The average molecular weight is 260 g/mol. The van der Waals surface area contributed by atoms with Crippen LogP contribution in [0.1, 0.15) is 24.8 Å². The molecule has 1 heterocycles. The Morgan fingerprint density at radius 3 is 2.88 bits per heavy atom. The molecule has 0 amide bonds. The van der Waals surface area contributed by atoms with Crippen molar-refractivity contribution >= 4 is 29.2 Å². The molecule has 0 aliphatic heterocycles. The number of aromatic nitrogens is 2. The van der Waals surface area contributed by atoms with Crippen LogP contribution >= 0.6 is 23.4 Å². The maximum absolute atomic E-state index is 5.90. The number of hydrogen-bond acceptors (Lipinski definition) is 4. The van der Waals surface area contributed by atoms with Gasteiger partial charge in [-0.05, 0) is 31.8 Å². The van der Waals surface area contributed by atoms with Gasteiger partial charge in [-0.15, -0.1) is 0 Å². The minimum atomic E-state index is 0.528. The van der Waals surface area contributed by atoms with Crippen molar-refractivity contribution in [1.29, 1.82) is 0 Å². The van der Waals surface area contributed by atoms with Crippen molar-refractivity contribution in [2.75, 3.05) is 23.9 Å². The lowest BCUT2D eigenvalue weighted by Gasteiger charge is -2.08. The SMILES string of the molecule is CSCCCCCNc1ncnc(Cl)c1C. The molecule has 0 fully saturated rings. The topological polar surface area (TPSA) is 37.8 Å². The van der Waals surface area contributed by atoms with E-state index < -0.39 is 0 Å². The fraction of sp³-hybridized carbons (Fsp3) is 0.636. The number of halogens is 1. The second-order valence-corrected chi connectivity index (χ2v) is 4.96. The summed E-state index contributed by atoms with van der Waals surface area (Å²) in [6, 6.07) is 0. The zero-order valence-electron chi connectivity index (χ0n) is 9.79. The Labute approximate surface area is 106 Å². The lowest BCUT2D eigenvalue weighted by atomic mass is 10.2. The monoisotopic (exact) mass is 259 g/mol. The van der Waals surface area contributed by atoms with E-state index in [9.17, 15) is 0 Å². The Kier molecular flexibility index (Phi) is 6.57. The van der Waals surface area contributed by atoms with E-state index in [2.05, 4.69) is 21.5 Å². The van der Waals surface area contributed by atoms with E-state index in [-0.39, 0.29) is 0 Å². The molecule has 0 saturated carbocycles. The highest BCUT2D eigenvalue weighted by atomic mass is 35.5. The minimum absolute atomic E-state index is 0.528. The summed E-state index contributed by atoms with van der Waals surface area (Å²) >= 11 is 7.80. The van der Waals surface area contributed by atoms with Crippen molar-refractivity contribution in [3.63, 3.8) is 0 Å². The predicted molar refractivity (Wildman–Crippen MR) is 72.5 cm³/mol. The van der Waals surface area contributed by atoms with Gasteiger partial charge in [0.05, 0.1) is 0 Å². The second kappa shape index (κ2) is 7.74. The molecule has 0 aromatic carbocycles. The minimum Gasteiger partial charge on any atom is -0.370 e. The summed E-state index contributed by atoms with van der Waals surface area (Å²) in [6.07, 6.45) is 7.34. The molecule has 0 aliphatic rings. The number of thioether (sulfide) groups is 1. The van der Waals surface area contributed by atoms with Crippen molar-refractivity contribution in [2.45, 2.75) is 26.2 Å². The van der Waals surface area contributed by atoms with E-state index in [0.29, 0.717) is 5.15 Å². The van der Waals surface area contributed by atoms with Gasteiger partial charge in [-0.2, -0.15) is 11.8 Å². The smallest absolute Gasteiger partial charge is 0.137 e. The number of anilines is 1. The van der Waals surface area contributed by atoms with E-state index in [1.54, 1.807) is 0 Å². The number of unbranched alkanes of at least 4 members (excludes halogenated alkanes) is 2. The highest BCUT2D eigenvalue weighted by molar-refractivity contribution is 7.98. The summed E-state index contributed by atoms with van der Waals surface area (Å²) in [6.45, 7) is 2.88. The predicted octanol–water partition coefficient (Wildman–Crippen LogP) is 3.38. The molecule has 0 bridgehead atoms. The molecule has 0 aliphatic carbocycles. The van der Waals surface area contributed by atoms with Gasteiger partial charge in [0.1, 0.15) is 17.3 Å². The van der Waals surface area contributed by atoms with Crippen molar-refractivity contribution < 1.29 is 0 Å². The highest BCUT2D eigenvalue weighted by Gasteiger charge is 2.03. The molecule has 0 radical (unpaired) electrons. The van der Waals surface area contributed by atoms with Crippen LogP contribution < -0.4 is 5.32 Å². The van der Waals surface area contributed by atoms with Crippen LogP contribution in [0.2, 0.25) is 5.15 Å². The van der Waals surface area contributed by atoms with E-state index in [4.69, 9.17) is 11.6 Å². The fourth-order valence-corrected chi connectivity index (χ4v) is 1.99. The molecule has 1 aromatic heterocycles. The van der Waals surface area contributed by atoms with Crippen LogP contribution in [-0.4, -0.2) is 28.5 Å². The molecule has 16 heavy (non-hydrogen) atoms. The third kappa shape index (κ3) is 4.58. The molecule has 5 heteroatoms. The van der Waals surface area contributed by atoms with Gasteiger partial charge >= 0.3 is 0 Å². The van der Waals surface area contributed by atoms with Gasteiger partial charge < -0.3 is 5.32 Å². The first-order chi connectivity index (χ1) is 7.75. The highest BCUT2D eigenvalue weighted by Crippen LogP contribution is 2.17. The molecule has 0 spiro atoms. The van der Waals surface area contributed by atoms with Crippen LogP contribution in [-0.2, 0) is 0 Å². The molecular formula is C11H18ClN3S. The molecule has 0 unspecified atom stereocenters. The van der Waals surface area contributed by atoms with Gasteiger partial charge in [0.25, 0.3) is 0 Å². The van der Waals surface area contributed by atoms with E-state index in [0.717, 1.165) is 17.9 Å². The first-order valence-electron chi connectivity index (χ1n) is 5.45. The maximum Gasteiger partial charge on any atom is 0.137 e. The Morgan fingerprint density at radius 1 is 1.31 bits per heavy atom. The Balaban J connectivity index is 2.24. The standard InChI is InChI=1S/C11H18ClN3S/c1-9-10(12)14-8-15-11(9)13-6-4-3-5-7-16-2/h8H,3-7H2,1-2H3,(H,13,14,15). The summed E-state index contributed by atoms with van der Waals surface area (Å²) in [5, 5.41) is 3.82. The number of nitrogens with one attached hydrogen (secondary N) is 1. The third-order valence-corrected chi connectivity index (χ3v) is 3.42. The molecule has 1 aromatic rings. The molecular weight excluding hydrogens is 242 g/mol. The average Bonchev–Trinajstić information content (AvgIpc) is 2.29. The normalized spacial score (nSPS) is 10.4. The number of nitrogens with zero attached hydrogens (tertiary/aromatic N) is 2. The first kappa shape index (κ1) is 13.6. The molecule has 1 N–H and O–H groups in total. The summed E-state index contributed by atoms with van der Waals surface area (Å²) < 4.78 is 0. The Hall–Kier alpha value is -0.480. The van der Waals surface area contributed by atoms with Gasteiger partial charge in [-0.25, -0.2) is 9.97 Å². The Bertz CT molecular complexity index is 320. The van der Waals surface area contributed by atoms with Crippen LogP contribution in [0.5, 0.6) is 0 Å². The van der Waals surface area contributed by atoms with Gasteiger partial charge in [0, 0.05) is 12.1 Å². The lowest BCUT2D eigenvalue weighted by Crippen LogP contribution is -2.05. The summed E-state index contributed by atoms with van der Waals surface area (Å²) in [4.78, 5) is 8.08. The molecule has 3 nitrogen and oxygen atoms in total. The summed E-state index contributed by atoms with van der Waals surface area (Å²) in [5.74, 6) is 2.10. The lowest BCUT2D eigenvalue weighted by molar-refractivity contribution is 0.747. The van der Waals surface area contributed by atoms with Crippen molar-refractivity contribution in [2.24, 2.45) is 0 Å². The van der Waals surface area contributed by atoms with Gasteiger partial charge in [-0.1, -0.05) is 18.0 Å². The van der Waals surface area contributed by atoms with Crippen LogP contribution in [0, 0.1) is 6.92 Å². The van der Waals surface area contributed by atoms with Gasteiger partial charge in [0.2, 0.25) is 0 Å². The molecule has 1 rings (SSSR count). The van der Waals surface area contributed by atoms with Crippen LogP contribution in [0.25, 0.3) is 0 Å². The van der Waals surface area contributed by atoms with E-state index >= 15 is 0 Å². The maximum atomic E-state index is 5.90. The zero-order valence-corrected chi connectivity index (χ0v) is 11.4. The fourth-order valence-electron chi connectivity index (χ4n) is 1.36. The summed E-state index contributed by atoms with van der Waals surface area (Å²) in [5.41, 5.74) is 0.924. The number of hydrogen-bond donors (Lipinski definition) is 1. The number of rotatable bonds is 7. The van der Waals surface area contributed by atoms with Gasteiger partial charge in [-0.3, -0.25) is 0 Å². The second-order valence-electron chi connectivity index (χ2n) is 3.62. The van der Waals surface area contributed by atoms with Crippen LogP contribution in [0.15, 0.2) is 6.33 Å². The molecule has 90 valence electrons. The van der Waals surface area contributed by atoms with Gasteiger partial charge in [0.15, 0.2) is 0 Å². The van der Waals surface area contributed by atoms with E-state index in [1.807, 2.05) is 18.7 Å². The van der Waals surface area contributed by atoms with E-state index in [1.165, 1.54) is 31.3 Å². The Morgan fingerprint density at radius 2 is 2.12 bits per heavy atom. The molecule has 0 atom stereocenters. The molecule has 0 saturated heterocycles. The third-order valence-electron chi connectivity index (χ3n) is 2.34.